The zero-order valence-electron chi connectivity index (χ0n) is 19.6. The van der Waals surface area contributed by atoms with Crippen molar-refractivity contribution in [2.75, 3.05) is 13.1 Å². The highest BCUT2D eigenvalue weighted by Crippen LogP contribution is 2.23. The van der Waals surface area contributed by atoms with Gasteiger partial charge in [0, 0.05) is 36.7 Å². The lowest BCUT2D eigenvalue weighted by atomic mass is 10.0. The van der Waals surface area contributed by atoms with E-state index in [1.54, 1.807) is 13.1 Å². The van der Waals surface area contributed by atoms with Crippen LogP contribution in [0.15, 0.2) is 58.6 Å². The fourth-order valence-corrected chi connectivity index (χ4v) is 3.57. The summed E-state index contributed by atoms with van der Waals surface area (Å²) in [6.07, 6.45) is 4.54. The predicted octanol–water partition coefficient (Wildman–Crippen LogP) is 3.98. The molecule has 0 saturated heterocycles. The third-order valence-corrected chi connectivity index (χ3v) is 5.49. The molecule has 8 heteroatoms. The number of aliphatic imine (C=N–C) groups is 1. The van der Waals surface area contributed by atoms with Crippen molar-refractivity contribution in [1.29, 1.82) is 0 Å². The first-order valence-corrected chi connectivity index (χ1v) is 11.5. The van der Waals surface area contributed by atoms with E-state index in [2.05, 4.69) is 19.9 Å². The minimum atomic E-state index is -0.623. The zero-order valence-corrected chi connectivity index (χ0v) is 20.8. The van der Waals surface area contributed by atoms with Crippen LogP contribution in [0, 0.1) is 0 Å². The minimum absolute atomic E-state index is 0.110. The Morgan fingerprint density at radius 1 is 1.34 bits per heavy atom. The molecular formula is C24H35N4O3P. The smallest absolute Gasteiger partial charge is 0.408 e. The van der Waals surface area contributed by atoms with Crippen molar-refractivity contribution in [2.24, 2.45) is 4.99 Å². The molecule has 1 aromatic carbocycles. The van der Waals surface area contributed by atoms with E-state index in [0.29, 0.717) is 30.9 Å². The maximum absolute atomic E-state index is 12.7. The minimum Gasteiger partial charge on any atom is -0.444 e. The number of carbonyl (C=O) groups is 2. The van der Waals surface area contributed by atoms with Gasteiger partial charge in [-0.05, 0) is 39.7 Å². The number of amidine groups is 1. The van der Waals surface area contributed by atoms with E-state index in [9.17, 15) is 9.59 Å². The molecule has 2 amide bonds. The molecule has 0 saturated carbocycles. The van der Waals surface area contributed by atoms with Crippen LogP contribution in [0.25, 0.3) is 0 Å². The SMILES string of the molecule is CC/C=C/N=C(C(Cc1ccccc1)NC(=O)OC(C)(C)C)N1CCNC(=O)C(C)=C1P. The van der Waals surface area contributed by atoms with Crippen LogP contribution in [0.4, 0.5) is 4.79 Å². The number of benzene rings is 1. The van der Waals surface area contributed by atoms with E-state index in [-0.39, 0.29) is 5.91 Å². The molecule has 1 heterocycles. The van der Waals surface area contributed by atoms with E-state index in [4.69, 9.17) is 9.73 Å². The highest BCUT2D eigenvalue weighted by Gasteiger charge is 2.29. The molecule has 1 aliphatic rings. The number of alkyl carbamates (subject to hydrolysis) is 1. The van der Waals surface area contributed by atoms with Gasteiger partial charge in [0.2, 0.25) is 5.91 Å². The standard InChI is InChI=1S/C24H35N4O3P/c1-6-7-13-25-20(28-15-14-26-21(29)17(2)22(28)32)19(16-18-11-9-8-10-12-18)27-23(30)31-24(3,4)5/h7-13,19H,6,14-16,32H2,1-5H3,(H,26,29)(H,27,30)/b13-7+,25-20?. The lowest BCUT2D eigenvalue weighted by molar-refractivity contribution is -0.117. The Bertz CT molecular complexity index is 888. The van der Waals surface area contributed by atoms with Crippen LogP contribution in [-0.2, 0) is 16.0 Å². The molecule has 2 unspecified atom stereocenters. The summed E-state index contributed by atoms with van der Waals surface area (Å²) in [7, 11) is 2.65. The Kier molecular flexibility index (Phi) is 9.45. The molecule has 0 spiro atoms. The van der Waals surface area contributed by atoms with Gasteiger partial charge < -0.3 is 20.3 Å². The summed E-state index contributed by atoms with van der Waals surface area (Å²) in [5.41, 5.74) is 1.75. The lowest BCUT2D eigenvalue weighted by Crippen LogP contribution is -2.50. The molecule has 1 aliphatic heterocycles. The first kappa shape index (κ1) is 25.6. The third kappa shape index (κ3) is 7.79. The number of allylic oxidation sites excluding steroid dienone is 1. The Morgan fingerprint density at radius 2 is 2.03 bits per heavy atom. The van der Waals surface area contributed by atoms with Crippen molar-refractivity contribution in [1.82, 2.24) is 15.5 Å². The molecule has 2 rings (SSSR count). The van der Waals surface area contributed by atoms with Crippen molar-refractivity contribution in [3.8, 4) is 0 Å². The van der Waals surface area contributed by atoms with Gasteiger partial charge in [0.1, 0.15) is 11.4 Å². The highest BCUT2D eigenvalue weighted by molar-refractivity contribution is 7.22. The second kappa shape index (κ2) is 11.8. The molecule has 2 N–H and O–H groups in total. The summed E-state index contributed by atoms with van der Waals surface area (Å²) in [5.74, 6) is 0.533. The summed E-state index contributed by atoms with van der Waals surface area (Å²) in [6.45, 7) is 10.3. The lowest BCUT2D eigenvalue weighted by Gasteiger charge is -2.32. The number of hydrogen-bond donors (Lipinski definition) is 2. The van der Waals surface area contributed by atoms with E-state index < -0.39 is 17.7 Å². The number of rotatable bonds is 6. The summed E-state index contributed by atoms with van der Waals surface area (Å²) in [4.78, 5) is 31.7. The van der Waals surface area contributed by atoms with Crippen LogP contribution in [0.3, 0.4) is 0 Å². The molecule has 7 nitrogen and oxygen atoms in total. The summed E-state index contributed by atoms with van der Waals surface area (Å²) >= 11 is 0. The molecule has 0 fully saturated rings. The second-order valence-electron chi connectivity index (χ2n) is 8.59. The molecule has 0 aliphatic carbocycles. The summed E-state index contributed by atoms with van der Waals surface area (Å²) in [5, 5.41) is 5.91. The Labute approximate surface area is 193 Å². The van der Waals surface area contributed by atoms with Crippen LogP contribution in [-0.4, -0.2) is 47.5 Å². The summed E-state index contributed by atoms with van der Waals surface area (Å²) < 4.78 is 5.53. The van der Waals surface area contributed by atoms with E-state index in [1.807, 2.05) is 69.0 Å². The zero-order chi connectivity index (χ0) is 23.7. The first-order chi connectivity index (χ1) is 15.1. The van der Waals surface area contributed by atoms with Crippen LogP contribution in [0.2, 0.25) is 0 Å². The largest absolute Gasteiger partial charge is 0.444 e. The van der Waals surface area contributed by atoms with Gasteiger partial charge in [-0.3, -0.25) is 4.79 Å². The maximum atomic E-state index is 12.7. The molecule has 32 heavy (non-hydrogen) atoms. The number of hydrogen-bond acceptors (Lipinski definition) is 4. The van der Waals surface area contributed by atoms with Crippen molar-refractivity contribution in [2.45, 2.75) is 59.1 Å². The number of nitrogens with zero attached hydrogens (tertiary/aromatic N) is 2. The van der Waals surface area contributed by atoms with Crippen molar-refractivity contribution < 1.29 is 14.3 Å². The first-order valence-electron chi connectivity index (χ1n) is 10.9. The fraction of sp³-hybridized carbons (Fsp3) is 0.458. The molecule has 0 bridgehead atoms. The van der Waals surface area contributed by atoms with Gasteiger partial charge in [0.15, 0.2) is 0 Å². The van der Waals surface area contributed by atoms with Crippen LogP contribution >= 0.6 is 9.24 Å². The van der Waals surface area contributed by atoms with Crippen molar-refractivity contribution in [3.63, 3.8) is 0 Å². The van der Waals surface area contributed by atoms with E-state index in [0.717, 1.165) is 17.4 Å². The molecule has 1 aromatic rings. The van der Waals surface area contributed by atoms with E-state index >= 15 is 0 Å². The number of carbonyl (C=O) groups excluding carboxylic acids is 2. The van der Waals surface area contributed by atoms with Crippen LogP contribution in [0.5, 0.6) is 0 Å². The average Bonchev–Trinajstić information content (AvgIpc) is 2.84. The average molecular weight is 459 g/mol. The predicted molar refractivity (Wildman–Crippen MR) is 132 cm³/mol. The van der Waals surface area contributed by atoms with Crippen molar-refractivity contribution in [3.05, 3.63) is 59.2 Å². The molecule has 0 radical (unpaired) electrons. The quantitative estimate of drug-likeness (QED) is 0.384. The Morgan fingerprint density at radius 3 is 2.66 bits per heavy atom. The number of amides is 2. The molecule has 2 atom stereocenters. The molecule has 0 aromatic heterocycles. The van der Waals surface area contributed by atoms with Gasteiger partial charge in [-0.1, -0.05) is 52.6 Å². The van der Waals surface area contributed by atoms with Crippen LogP contribution in [0.1, 0.15) is 46.6 Å². The second-order valence-corrected chi connectivity index (χ2v) is 9.13. The Hall–Kier alpha value is -2.66. The number of nitrogens with one attached hydrogen (secondary N) is 2. The van der Waals surface area contributed by atoms with E-state index in [1.165, 1.54) is 0 Å². The van der Waals surface area contributed by atoms with Crippen LogP contribution < -0.4 is 10.6 Å². The van der Waals surface area contributed by atoms with Crippen molar-refractivity contribution >= 4 is 27.1 Å². The number of ether oxygens (including phenoxy) is 1. The fourth-order valence-electron chi connectivity index (χ4n) is 3.18. The van der Waals surface area contributed by atoms with Gasteiger partial charge in [0.05, 0.1) is 6.04 Å². The maximum Gasteiger partial charge on any atom is 0.408 e. The van der Waals surface area contributed by atoms with Gasteiger partial charge in [-0.25, -0.2) is 9.79 Å². The monoisotopic (exact) mass is 458 g/mol. The third-order valence-electron chi connectivity index (χ3n) is 4.75. The summed E-state index contributed by atoms with van der Waals surface area (Å²) in [6, 6.07) is 9.45. The normalized spacial score (nSPS) is 16.6. The van der Waals surface area contributed by atoms with Gasteiger partial charge >= 0.3 is 6.09 Å². The topological polar surface area (TPSA) is 83.0 Å². The van der Waals surface area contributed by atoms with Gasteiger partial charge in [-0.15, -0.1) is 0 Å². The Balaban J connectivity index is 2.50. The van der Waals surface area contributed by atoms with Gasteiger partial charge in [0.25, 0.3) is 0 Å². The van der Waals surface area contributed by atoms with Gasteiger partial charge in [-0.2, -0.15) is 0 Å². The molecule has 174 valence electrons. The molecular weight excluding hydrogens is 423 g/mol. The highest BCUT2D eigenvalue weighted by atomic mass is 31.0.